The Bertz CT molecular complexity index is 577. The van der Waals surface area contributed by atoms with E-state index in [-0.39, 0.29) is 23.2 Å². The fraction of sp³-hybridized carbons (Fsp3) is 0.562. The first-order chi connectivity index (χ1) is 10.4. The van der Waals surface area contributed by atoms with Crippen molar-refractivity contribution in [2.45, 2.75) is 44.0 Å². The van der Waals surface area contributed by atoms with Gasteiger partial charge in [0.25, 0.3) is 11.6 Å². The summed E-state index contributed by atoms with van der Waals surface area (Å²) in [5.41, 5.74) is 0.0223. The lowest BCUT2D eigenvalue weighted by Crippen LogP contribution is -2.43. The lowest BCUT2D eigenvalue weighted by atomic mass is 9.78. The average Bonchev–Trinajstić information content (AvgIpc) is 2.51. The number of amides is 1. The van der Waals surface area contributed by atoms with Gasteiger partial charge in [-0.2, -0.15) is 0 Å². The van der Waals surface area contributed by atoms with Gasteiger partial charge in [-0.3, -0.25) is 14.9 Å². The topological polar surface area (TPSA) is 72.2 Å². The van der Waals surface area contributed by atoms with Gasteiger partial charge in [-0.1, -0.05) is 26.7 Å². The van der Waals surface area contributed by atoms with Crippen molar-refractivity contribution in [3.05, 3.63) is 33.9 Å². The molecule has 120 valence electrons. The minimum Gasteiger partial charge on any atom is -0.349 e. The van der Waals surface area contributed by atoms with Crippen molar-refractivity contribution >= 4 is 23.4 Å². The third-order valence-corrected chi connectivity index (χ3v) is 5.39. The maximum absolute atomic E-state index is 12.5. The number of nitrogens with zero attached hydrogens (tertiary/aromatic N) is 1. The number of hydrogen-bond donors (Lipinski definition) is 1. The van der Waals surface area contributed by atoms with E-state index in [1.54, 1.807) is 12.1 Å². The quantitative estimate of drug-likeness (QED) is 0.519. The fourth-order valence-electron chi connectivity index (χ4n) is 3.02. The lowest BCUT2D eigenvalue weighted by Gasteiger charge is -2.34. The highest BCUT2D eigenvalue weighted by atomic mass is 32.2. The zero-order valence-corrected chi connectivity index (χ0v) is 14.0. The molecular formula is C16H22N2O3S. The maximum Gasteiger partial charge on any atom is 0.282 e. The number of hydrogen-bond acceptors (Lipinski definition) is 4. The van der Waals surface area contributed by atoms with Gasteiger partial charge in [0.2, 0.25) is 0 Å². The summed E-state index contributed by atoms with van der Waals surface area (Å²) in [7, 11) is 0. The molecule has 0 bridgehead atoms. The van der Waals surface area contributed by atoms with Crippen molar-refractivity contribution < 1.29 is 9.72 Å². The van der Waals surface area contributed by atoms with Gasteiger partial charge in [0, 0.05) is 17.0 Å². The van der Waals surface area contributed by atoms with Gasteiger partial charge in [0.1, 0.15) is 5.56 Å². The van der Waals surface area contributed by atoms with E-state index in [0.717, 1.165) is 17.7 Å². The summed E-state index contributed by atoms with van der Waals surface area (Å²) in [5.74, 6) is 0.612. The molecule has 0 heterocycles. The molecule has 1 N–H and O–H groups in total. The molecule has 5 nitrogen and oxygen atoms in total. The van der Waals surface area contributed by atoms with Crippen LogP contribution in [0.15, 0.2) is 23.1 Å². The highest BCUT2D eigenvalue weighted by Gasteiger charge is 2.30. The molecule has 1 aromatic rings. The van der Waals surface area contributed by atoms with Crippen LogP contribution in [-0.2, 0) is 0 Å². The second-order valence-electron chi connectivity index (χ2n) is 5.99. The second-order valence-corrected chi connectivity index (χ2v) is 6.87. The zero-order chi connectivity index (χ0) is 16.3. The van der Waals surface area contributed by atoms with E-state index in [0.29, 0.717) is 11.8 Å². The minimum absolute atomic E-state index is 0.0915. The number of nitrogens with one attached hydrogen (secondary N) is 1. The van der Waals surface area contributed by atoms with Crippen LogP contribution < -0.4 is 5.32 Å². The molecule has 1 saturated carbocycles. The minimum atomic E-state index is -0.494. The van der Waals surface area contributed by atoms with Gasteiger partial charge >= 0.3 is 0 Å². The third-order valence-electron chi connectivity index (χ3n) is 4.67. The van der Waals surface area contributed by atoms with Gasteiger partial charge in [-0.05, 0) is 36.6 Å². The van der Waals surface area contributed by atoms with Crippen LogP contribution in [-0.4, -0.2) is 23.1 Å². The summed E-state index contributed by atoms with van der Waals surface area (Å²) in [5, 5.41) is 14.2. The molecule has 0 aromatic heterocycles. The number of benzene rings is 1. The van der Waals surface area contributed by atoms with Crippen LogP contribution in [0.5, 0.6) is 0 Å². The second kappa shape index (κ2) is 7.13. The number of carbonyl (C=O) groups excluding carboxylic acids is 1. The Morgan fingerprint density at radius 1 is 1.36 bits per heavy atom. The van der Waals surface area contributed by atoms with E-state index in [2.05, 4.69) is 19.2 Å². The Morgan fingerprint density at radius 3 is 2.73 bits per heavy atom. The predicted molar refractivity (Wildman–Crippen MR) is 88.3 cm³/mol. The molecule has 0 aliphatic heterocycles. The van der Waals surface area contributed by atoms with Crippen molar-refractivity contribution in [2.24, 2.45) is 11.8 Å². The summed E-state index contributed by atoms with van der Waals surface area (Å²) < 4.78 is 0. The van der Waals surface area contributed by atoms with Crippen molar-refractivity contribution in [1.29, 1.82) is 0 Å². The standard InChI is InChI=1S/C16H22N2O3S/c1-10-5-4-6-14(11(10)2)17-16(19)13-9-12(22-3)7-8-15(13)18(20)21/h7-11,14H,4-6H2,1-3H3,(H,17,19). The van der Waals surface area contributed by atoms with Crippen LogP contribution in [0, 0.1) is 22.0 Å². The van der Waals surface area contributed by atoms with Crippen molar-refractivity contribution in [1.82, 2.24) is 5.32 Å². The fourth-order valence-corrected chi connectivity index (χ4v) is 3.45. The average molecular weight is 322 g/mol. The molecule has 3 atom stereocenters. The summed E-state index contributed by atoms with van der Waals surface area (Å²) in [6, 6.07) is 4.78. The monoisotopic (exact) mass is 322 g/mol. The van der Waals surface area contributed by atoms with E-state index in [4.69, 9.17) is 0 Å². The van der Waals surface area contributed by atoms with E-state index < -0.39 is 4.92 Å². The molecule has 1 aliphatic carbocycles. The Kier molecular flexibility index (Phi) is 5.45. The molecule has 1 aromatic carbocycles. The van der Waals surface area contributed by atoms with Gasteiger partial charge in [-0.15, -0.1) is 11.8 Å². The third kappa shape index (κ3) is 3.61. The van der Waals surface area contributed by atoms with Crippen LogP contribution >= 0.6 is 11.8 Å². The molecule has 0 saturated heterocycles. The SMILES string of the molecule is CSc1ccc([N+](=O)[O-])c(C(=O)NC2CCCC(C)C2C)c1. The van der Waals surface area contributed by atoms with E-state index in [9.17, 15) is 14.9 Å². The number of rotatable bonds is 4. The van der Waals surface area contributed by atoms with Gasteiger partial charge in [0.05, 0.1) is 4.92 Å². The van der Waals surface area contributed by atoms with Crippen molar-refractivity contribution in [2.75, 3.05) is 6.26 Å². The van der Waals surface area contributed by atoms with Crippen LogP contribution in [0.3, 0.4) is 0 Å². The smallest absolute Gasteiger partial charge is 0.282 e. The highest BCUT2D eigenvalue weighted by molar-refractivity contribution is 7.98. The summed E-state index contributed by atoms with van der Waals surface area (Å²) in [6.45, 7) is 4.33. The summed E-state index contributed by atoms with van der Waals surface area (Å²) >= 11 is 1.47. The Balaban J connectivity index is 2.23. The molecular weight excluding hydrogens is 300 g/mol. The highest BCUT2D eigenvalue weighted by Crippen LogP contribution is 2.30. The van der Waals surface area contributed by atoms with Crippen LogP contribution in [0.25, 0.3) is 0 Å². The number of nitro benzene ring substituents is 1. The summed E-state index contributed by atoms with van der Waals surface area (Å²) in [4.78, 5) is 24.0. The van der Waals surface area contributed by atoms with Gasteiger partial charge < -0.3 is 5.32 Å². The lowest BCUT2D eigenvalue weighted by molar-refractivity contribution is -0.385. The normalized spacial score (nSPS) is 24.8. The van der Waals surface area contributed by atoms with Crippen molar-refractivity contribution in [3.8, 4) is 0 Å². The van der Waals surface area contributed by atoms with E-state index in [1.165, 1.54) is 24.2 Å². The summed E-state index contributed by atoms with van der Waals surface area (Å²) in [6.07, 6.45) is 5.08. The van der Waals surface area contributed by atoms with Crippen LogP contribution in [0.4, 0.5) is 5.69 Å². The molecule has 0 radical (unpaired) electrons. The Labute approximate surface area is 135 Å². The zero-order valence-electron chi connectivity index (χ0n) is 13.2. The molecule has 3 unspecified atom stereocenters. The van der Waals surface area contributed by atoms with Crippen molar-refractivity contribution in [3.63, 3.8) is 0 Å². The molecule has 22 heavy (non-hydrogen) atoms. The maximum atomic E-state index is 12.5. The molecule has 0 spiro atoms. The first-order valence-corrected chi connectivity index (χ1v) is 8.79. The molecule has 6 heteroatoms. The molecule has 2 rings (SSSR count). The Morgan fingerprint density at radius 2 is 2.09 bits per heavy atom. The first-order valence-electron chi connectivity index (χ1n) is 7.57. The largest absolute Gasteiger partial charge is 0.349 e. The van der Waals surface area contributed by atoms with E-state index >= 15 is 0 Å². The van der Waals surface area contributed by atoms with Gasteiger partial charge in [-0.25, -0.2) is 0 Å². The van der Waals surface area contributed by atoms with Gasteiger partial charge in [0.15, 0.2) is 0 Å². The van der Waals surface area contributed by atoms with Crippen LogP contribution in [0.2, 0.25) is 0 Å². The number of thioether (sulfide) groups is 1. The first kappa shape index (κ1) is 16.8. The number of carbonyl (C=O) groups is 1. The molecule has 1 fully saturated rings. The van der Waals surface area contributed by atoms with Crippen LogP contribution in [0.1, 0.15) is 43.5 Å². The molecule has 1 amide bonds. The molecule has 1 aliphatic rings. The van der Waals surface area contributed by atoms with E-state index in [1.807, 2.05) is 6.26 Å². The number of nitro groups is 1. The predicted octanol–water partition coefficient (Wildman–Crippen LogP) is 3.87. The Hall–Kier alpha value is -1.56.